The topological polar surface area (TPSA) is 98.0 Å². The summed E-state index contributed by atoms with van der Waals surface area (Å²) in [6.45, 7) is 3.83. The largest absolute Gasteiger partial charge is 0.351 e. The SMILES string of the molecule is CCCCSc1nnc(S[C@H](C)C(=O)NC(N)=O)s1. The lowest BCUT2D eigenvalue weighted by Crippen LogP contribution is -2.39. The van der Waals surface area contributed by atoms with Gasteiger partial charge in [0, 0.05) is 5.75 Å². The van der Waals surface area contributed by atoms with E-state index >= 15 is 0 Å². The minimum atomic E-state index is -0.842. The summed E-state index contributed by atoms with van der Waals surface area (Å²) < 4.78 is 1.62. The van der Waals surface area contributed by atoms with Gasteiger partial charge in [-0.2, -0.15) is 0 Å². The van der Waals surface area contributed by atoms with Crippen LogP contribution in [0.1, 0.15) is 26.7 Å². The van der Waals surface area contributed by atoms with Crippen molar-refractivity contribution in [3.05, 3.63) is 0 Å². The molecule has 1 atom stereocenters. The number of amides is 3. The highest BCUT2D eigenvalue weighted by atomic mass is 32.2. The van der Waals surface area contributed by atoms with Crippen molar-refractivity contribution >= 4 is 46.8 Å². The van der Waals surface area contributed by atoms with Gasteiger partial charge >= 0.3 is 6.03 Å². The Hall–Kier alpha value is -0.800. The van der Waals surface area contributed by atoms with Gasteiger partial charge in [-0.3, -0.25) is 10.1 Å². The maximum absolute atomic E-state index is 11.5. The minimum absolute atomic E-state index is 0.423. The van der Waals surface area contributed by atoms with Crippen LogP contribution in [0.25, 0.3) is 0 Å². The molecule has 1 aromatic heterocycles. The van der Waals surface area contributed by atoms with Crippen molar-refractivity contribution in [2.75, 3.05) is 5.75 Å². The monoisotopic (exact) mass is 320 g/mol. The Morgan fingerprint density at radius 3 is 2.74 bits per heavy atom. The van der Waals surface area contributed by atoms with E-state index in [0.717, 1.165) is 22.9 Å². The first-order chi connectivity index (χ1) is 9.02. The number of aromatic nitrogens is 2. The lowest BCUT2D eigenvalue weighted by atomic mass is 10.4. The first-order valence-electron chi connectivity index (χ1n) is 5.76. The Morgan fingerprint density at radius 1 is 1.42 bits per heavy atom. The van der Waals surface area contributed by atoms with Crippen LogP contribution in [0.4, 0.5) is 4.79 Å². The predicted octanol–water partition coefficient (Wildman–Crippen LogP) is 2.11. The molecule has 19 heavy (non-hydrogen) atoms. The molecular weight excluding hydrogens is 304 g/mol. The van der Waals surface area contributed by atoms with Gasteiger partial charge in [-0.15, -0.1) is 10.2 Å². The van der Waals surface area contributed by atoms with Gasteiger partial charge in [-0.25, -0.2) is 4.79 Å². The number of nitrogens with zero attached hydrogens (tertiary/aromatic N) is 2. The van der Waals surface area contributed by atoms with Crippen molar-refractivity contribution in [1.29, 1.82) is 0 Å². The van der Waals surface area contributed by atoms with Gasteiger partial charge in [0.05, 0.1) is 5.25 Å². The minimum Gasteiger partial charge on any atom is -0.351 e. The Bertz CT molecular complexity index is 438. The smallest absolute Gasteiger partial charge is 0.318 e. The van der Waals surface area contributed by atoms with Crippen molar-refractivity contribution in [1.82, 2.24) is 15.5 Å². The van der Waals surface area contributed by atoms with Gasteiger partial charge in [-0.05, 0) is 13.3 Å². The number of carbonyl (C=O) groups is 2. The van der Waals surface area contributed by atoms with Crippen LogP contribution < -0.4 is 11.1 Å². The number of primary amides is 1. The molecule has 6 nitrogen and oxygen atoms in total. The fourth-order valence-electron chi connectivity index (χ4n) is 1.03. The zero-order chi connectivity index (χ0) is 14.3. The lowest BCUT2D eigenvalue weighted by molar-refractivity contribution is -0.119. The second kappa shape index (κ2) is 8.39. The highest BCUT2D eigenvalue weighted by Gasteiger charge is 2.18. The number of hydrogen-bond acceptors (Lipinski definition) is 7. The molecule has 0 bridgehead atoms. The lowest BCUT2D eigenvalue weighted by Gasteiger charge is -2.06. The quantitative estimate of drug-likeness (QED) is 0.590. The fraction of sp³-hybridized carbons (Fsp3) is 0.600. The third-order valence-corrected chi connectivity index (χ3v) is 5.33. The van der Waals surface area contributed by atoms with E-state index in [1.165, 1.54) is 23.1 Å². The van der Waals surface area contributed by atoms with Crippen LogP contribution in [0.2, 0.25) is 0 Å². The highest BCUT2D eigenvalue weighted by molar-refractivity contribution is 8.03. The number of urea groups is 1. The molecule has 0 aromatic carbocycles. The van der Waals surface area contributed by atoms with E-state index in [1.54, 1.807) is 18.7 Å². The van der Waals surface area contributed by atoms with Gasteiger partial charge in [0.2, 0.25) is 5.91 Å². The van der Waals surface area contributed by atoms with E-state index in [-0.39, 0.29) is 0 Å². The van der Waals surface area contributed by atoms with Gasteiger partial charge in [0.1, 0.15) is 0 Å². The fourth-order valence-corrected chi connectivity index (χ4v) is 4.35. The molecule has 0 fully saturated rings. The second-order valence-electron chi connectivity index (χ2n) is 3.65. The molecule has 0 radical (unpaired) electrons. The summed E-state index contributed by atoms with van der Waals surface area (Å²) in [7, 11) is 0. The van der Waals surface area contributed by atoms with Crippen molar-refractivity contribution in [2.24, 2.45) is 5.73 Å². The van der Waals surface area contributed by atoms with E-state index < -0.39 is 17.2 Å². The standard InChI is InChI=1S/C10H16N4O2S3/c1-3-4-5-17-9-13-14-10(19-9)18-6(2)7(15)12-8(11)16/h6H,3-5H2,1-2H3,(H3,11,12,15,16)/t6-/m1/s1. The van der Waals surface area contributed by atoms with Crippen LogP contribution in [-0.2, 0) is 4.79 Å². The summed E-state index contributed by atoms with van der Waals surface area (Å²) in [5.74, 6) is 0.598. The molecule has 3 N–H and O–H groups in total. The average Bonchev–Trinajstić information content (AvgIpc) is 2.76. The molecule has 1 rings (SSSR count). The molecule has 0 aliphatic heterocycles. The molecular formula is C10H16N4O2S3. The summed E-state index contributed by atoms with van der Waals surface area (Å²) in [4.78, 5) is 22.1. The van der Waals surface area contributed by atoms with E-state index in [9.17, 15) is 9.59 Å². The number of unbranched alkanes of at least 4 members (excludes halogenated alkanes) is 1. The first-order valence-corrected chi connectivity index (χ1v) is 8.44. The van der Waals surface area contributed by atoms with Gasteiger partial charge in [0.25, 0.3) is 0 Å². The first kappa shape index (κ1) is 16.3. The van der Waals surface area contributed by atoms with Crippen molar-refractivity contribution in [3.63, 3.8) is 0 Å². The number of carbonyl (C=O) groups excluding carboxylic acids is 2. The van der Waals surface area contributed by atoms with Crippen LogP contribution in [0.15, 0.2) is 8.68 Å². The molecule has 3 amide bonds. The molecule has 0 aliphatic carbocycles. The summed E-state index contributed by atoms with van der Waals surface area (Å²) >= 11 is 4.39. The molecule has 0 spiro atoms. The molecule has 0 saturated carbocycles. The van der Waals surface area contributed by atoms with E-state index in [0.29, 0.717) is 4.34 Å². The van der Waals surface area contributed by atoms with Gasteiger partial charge < -0.3 is 5.73 Å². The molecule has 106 valence electrons. The van der Waals surface area contributed by atoms with Crippen molar-refractivity contribution in [3.8, 4) is 0 Å². The number of imide groups is 1. The van der Waals surface area contributed by atoms with Crippen LogP contribution >= 0.6 is 34.9 Å². The summed E-state index contributed by atoms with van der Waals surface area (Å²) in [6, 6.07) is -0.842. The number of hydrogen-bond donors (Lipinski definition) is 2. The van der Waals surface area contributed by atoms with E-state index in [4.69, 9.17) is 5.73 Å². The van der Waals surface area contributed by atoms with Gasteiger partial charge in [0.15, 0.2) is 8.68 Å². The zero-order valence-corrected chi connectivity index (χ0v) is 13.2. The van der Waals surface area contributed by atoms with Crippen molar-refractivity contribution < 1.29 is 9.59 Å². The molecule has 0 aliphatic rings. The third-order valence-electron chi connectivity index (χ3n) is 2.00. The molecule has 9 heteroatoms. The predicted molar refractivity (Wildman–Crippen MR) is 78.6 cm³/mol. The normalized spacial score (nSPS) is 12.1. The molecule has 0 unspecified atom stereocenters. The van der Waals surface area contributed by atoms with E-state index in [1.807, 2.05) is 5.32 Å². The number of rotatable bonds is 7. The Labute approximate surface area is 124 Å². The Balaban J connectivity index is 2.44. The highest BCUT2D eigenvalue weighted by Crippen LogP contribution is 2.31. The molecule has 1 aromatic rings. The van der Waals surface area contributed by atoms with Crippen LogP contribution in [0.5, 0.6) is 0 Å². The summed E-state index contributed by atoms with van der Waals surface area (Å²) in [6.07, 6.45) is 2.29. The van der Waals surface area contributed by atoms with Gasteiger partial charge in [-0.1, -0.05) is 48.2 Å². The summed E-state index contributed by atoms with van der Waals surface area (Å²) in [5.41, 5.74) is 4.89. The maximum atomic E-state index is 11.5. The Morgan fingerprint density at radius 2 is 2.11 bits per heavy atom. The molecule has 1 heterocycles. The maximum Gasteiger partial charge on any atom is 0.318 e. The number of nitrogens with one attached hydrogen (secondary N) is 1. The van der Waals surface area contributed by atoms with Crippen molar-refractivity contribution in [2.45, 2.75) is 40.6 Å². The number of nitrogens with two attached hydrogens (primary N) is 1. The van der Waals surface area contributed by atoms with Crippen LogP contribution in [0.3, 0.4) is 0 Å². The Kier molecular flexibility index (Phi) is 7.17. The summed E-state index contributed by atoms with van der Waals surface area (Å²) in [5, 5.41) is 9.67. The number of thioether (sulfide) groups is 2. The average molecular weight is 320 g/mol. The van der Waals surface area contributed by atoms with Crippen LogP contribution in [-0.4, -0.2) is 33.1 Å². The zero-order valence-electron chi connectivity index (χ0n) is 10.7. The van der Waals surface area contributed by atoms with Crippen LogP contribution in [0, 0.1) is 0 Å². The third kappa shape index (κ3) is 6.26. The second-order valence-corrected chi connectivity index (χ2v) is 7.56. The van der Waals surface area contributed by atoms with E-state index in [2.05, 4.69) is 17.1 Å². The molecule has 0 saturated heterocycles.